The molecule has 21 heavy (non-hydrogen) atoms. The van der Waals surface area contributed by atoms with E-state index in [0.717, 1.165) is 35.7 Å². The van der Waals surface area contributed by atoms with Crippen molar-refractivity contribution in [1.29, 1.82) is 0 Å². The third-order valence-corrected chi connectivity index (χ3v) is 4.20. The molecule has 0 radical (unpaired) electrons. The van der Waals surface area contributed by atoms with Crippen LogP contribution in [-0.2, 0) is 19.4 Å². The van der Waals surface area contributed by atoms with Crippen molar-refractivity contribution < 1.29 is 0 Å². The van der Waals surface area contributed by atoms with E-state index in [-0.39, 0.29) is 6.04 Å². The van der Waals surface area contributed by atoms with Crippen LogP contribution >= 0.6 is 11.6 Å². The minimum Gasteiger partial charge on any atom is -0.313 e. The SMILES string of the molecule is CCc1cc(CC(NC)c2ccc(C)cc2Cl)n(CC)n1. The molecule has 2 rings (SSSR count). The first-order valence-electron chi connectivity index (χ1n) is 7.57. The van der Waals surface area contributed by atoms with Gasteiger partial charge in [0.05, 0.1) is 5.69 Å². The van der Waals surface area contributed by atoms with Crippen LogP contribution in [0.15, 0.2) is 24.3 Å². The minimum atomic E-state index is 0.199. The molecule has 1 N–H and O–H groups in total. The summed E-state index contributed by atoms with van der Waals surface area (Å²) >= 11 is 6.41. The van der Waals surface area contributed by atoms with Gasteiger partial charge >= 0.3 is 0 Å². The number of rotatable bonds is 6. The summed E-state index contributed by atoms with van der Waals surface area (Å²) in [5, 5.41) is 8.83. The molecule has 0 aliphatic carbocycles. The van der Waals surface area contributed by atoms with E-state index in [4.69, 9.17) is 11.6 Å². The van der Waals surface area contributed by atoms with Crippen molar-refractivity contribution >= 4 is 11.6 Å². The highest BCUT2D eigenvalue weighted by atomic mass is 35.5. The first-order valence-corrected chi connectivity index (χ1v) is 7.95. The molecule has 0 amide bonds. The highest BCUT2D eigenvalue weighted by Crippen LogP contribution is 2.27. The van der Waals surface area contributed by atoms with Crippen LogP contribution in [0.3, 0.4) is 0 Å². The van der Waals surface area contributed by atoms with E-state index in [9.17, 15) is 0 Å². The minimum absolute atomic E-state index is 0.199. The van der Waals surface area contributed by atoms with Gasteiger partial charge in [-0.3, -0.25) is 4.68 Å². The lowest BCUT2D eigenvalue weighted by Crippen LogP contribution is -2.21. The van der Waals surface area contributed by atoms with Crippen LogP contribution in [0, 0.1) is 6.92 Å². The lowest BCUT2D eigenvalue weighted by molar-refractivity contribution is 0.540. The van der Waals surface area contributed by atoms with Crippen molar-refractivity contribution in [3.05, 3.63) is 51.8 Å². The second kappa shape index (κ2) is 7.10. The summed E-state index contributed by atoms with van der Waals surface area (Å²) in [6.45, 7) is 7.22. The van der Waals surface area contributed by atoms with Crippen LogP contribution in [0.2, 0.25) is 5.02 Å². The zero-order valence-corrected chi connectivity index (χ0v) is 14.0. The molecule has 0 aliphatic heterocycles. The van der Waals surface area contributed by atoms with Crippen molar-refractivity contribution in [3.63, 3.8) is 0 Å². The molecule has 0 aliphatic rings. The van der Waals surface area contributed by atoms with Gasteiger partial charge in [0.25, 0.3) is 0 Å². The number of benzene rings is 1. The summed E-state index contributed by atoms with van der Waals surface area (Å²) in [7, 11) is 1.98. The molecule has 2 aromatic rings. The van der Waals surface area contributed by atoms with Crippen LogP contribution in [0.1, 0.15) is 42.4 Å². The van der Waals surface area contributed by atoms with Crippen molar-refractivity contribution in [2.45, 2.75) is 46.2 Å². The lowest BCUT2D eigenvalue weighted by Gasteiger charge is -2.19. The van der Waals surface area contributed by atoms with Gasteiger partial charge in [-0.2, -0.15) is 5.10 Å². The van der Waals surface area contributed by atoms with Crippen LogP contribution in [0.5, 0.6) is 0 Å². The van der Waals surface area contributed by atoms with Crippen molar-refractivity contribution in [1.82, 2.24) is 15.1 Å². The summed E-state index contributed by atoms with van der Waals surface area (Å²) in [6, 6.07) is 8.66. The van der Waals surface area contributed by atoms with Crippen molar-refractivity contribution in [2.75, 3.05) is 7.05 Å². The van der Waals surface area contributed by atoms with Gasteiger partial charge in [-0.25, -0.2) is 0 Å². The van der Waals surface area contributed by atoms with Crippen molar-refractivity contribution in [2.24, 2.45) is 0 Å². The Hall–Kier alpha value is -1.32. The Morgan fingerprint density at radius 3 is 2.62 bits per heavy atom. The Morgan fingerprint density at radius 1 is 1.29 bits per heavy atom. The number of halogens is 1. The fourth-order valence-electron chi connectivity index (χ4n) is 2.62. The number of hydrogen-bond donors (Lipinski definition) is 1. The molecule has 1 aromatic carbocycles. The quantitative estimate of drug-likeness (QED) is 0.876. The first-order chi connectivity index (χ1) is 10.1. The van der Waals surface area contributed by atoms with E-state index in [2.05, 4.69) is 54.1 Å². The number of nitrogens with one attached hydrogen (secondary N) is 1. The highest BCUT2D eigenvalue weighted by Gasteiger charge is 2.16. The monoisotopic (exact) mass is 305 g/mol. The third-order valence-electron chi connectivity index (χ3n) is 3.87. The van der Waals surface area contributed by atoms with Gasteiger partial charge in [-0.05, 0) is 50.6 Å². The summed E-state index contributed by atoms with van der Waals surface area (Å²) in [5.41, 5.74) is 4.74. The van der Waals surface area contributed by atoms with Gasteiger partial charge in [0.2, 0.25) is 0 Å². The zero-order chi connectivity index (χ0) is 15.4. The van der Waals surface area contributed by atoms with Crippen LogP contribution in [0.4, 0.5) is 0 Å². The van der Waals surface area contributed by atoms with Crippen LogP contribution in [-0.4, -0.2) is 16.8 Å². The maximum Gasteiger partial charge on any atom is 0.0624 e. The second-order valence-corrected chi connectivity index (χ2v) is 5.77. The number of nitrogens with zero attached hydrogens (tertiary/aromatic N) is 2. The van der Waals surface area contributed by atoms with Crippen LogP contribution in [0.25, 0.3) is 0 Å². The molecule has 1 heterocycles. The number of hydrogen-bond acceptors (Lipinski definition) is 2. The molecule has 3 nitrogen and oxygen atoms in total. The van der Waals surface area contributed by atoms with Gasteiger partial charge in [-0.15, -0.1) is 0 Å². The zero-order valence-electron chi connectivity index (χ0n) is 13.3. The Balaban J connectivity index is 2.28. The molecule has 0 spiro atoms. The Kier molecular flexibility index (Phi) is 5.43. The molecular weight excluding hydrogens is 282 g/mol. The molecule has 0 saturated heterocycles. The van der Waals surface area contributed by atoms with Gasteiger partial charge < -0.3 is 5.32 Å². The third kappa shape index (κ3) is 3.66. The molecule has 1 atom stereocenters. The maximum absolute atomic E-state index is 6.41. The van der Waals surface area contributed by atoms with E-state index in [0.29, 0.717) is 0 Å². The second-order valence-electron chi connectivity index (χ2n) is 5.37. The predicted molar refractivity (Wildman–Crippen MR) is 89.0 cm³/mol. The van der Waals surface area contributed by atoms with Crippen LogP contribution < -0.4 is 5.32 Å². The first kappa shape index (κ1) is 16.1. The van der Waals surface area contributed by atoms with Gasteiger partial charge in [0, 0.05) is 29.7 Å². The Bertz CT molecular complexity index is 604. The molecule has 0 saturated carbocycles. The van der Waals surface area contributed by atoms with Crippen molar-refractivity contribution in [3.8, 4) is 0 Å². The van der Waals surface area contributed by atoms with E-state index < -0.39 is 0 Å². The standard InChI is InChI=1S/C17H24ClN3/c1-5-13-10-14(21(6-2)20-13)11-17(19-4)15-8-7-12(3)9-16(15)18/h7-10,17,19H,5-6,11H2,1-4H3. The fourth-order valence-corrected chi connectivity index (χ4v) is 2.98. The normalized spacial score (nSPS) is 12.6. The summed E-state index contributed by atoms with van der Waals surface area (Å²) < 4.78 is 2.09. The molecule has 4 heteroatoms. The smallest absolute Gasteiger partial charge is 0.0624 e. The number of likely N-dealkylation sites (N-methyl/N-ethyl adjacent to an activating group) is 1. The van der Waals surface area contributed by atoms with Gasteiger partial charge in [0.15, 0.2) is 0 Å². The predicted octanol–water partition coefficient (Wildman–Crippen LogP) is 3.93. The van der Waals surface area contributed by atoms with Gasteiger partial charge in [-0.1, -0.05) is 30.7 Å². The summed E-state index contributed by atoms with van der Waals surface area (Å²) in [5.74, 6) is 0. The summed E-state index contributed by atoms with van der Waals surface area (Å²) in [4.78, 5) is 0. The average Bonchev–Trinajstić information content (AvgIpc) is 2.87. The topological polar surface area (TPSA) is 29.9 Å². The largest absolute Gasteiger partial charge is 0.313 e. The van der Waals surface area contributed by atoms with E-state index in [1.165, 1.54) is 11.3 Å². The average molecular weight is 306 g/mol. The molecule has 1 aromatic heterocycles. The van der Waals surface area contributed by atoms with E-state index >= 15 is 0 Å². The molecule has 0 fully saturated rings. The van der Waals surface area contributed by atoms with E-state index in [1.54, 1.807) is 0 Å². The van der Waals surface area contributed by atoms with E-state index in [1.807, 2.05) is 13.1 Å². The number of aryl methyl sites for hydroxylation is 3. The Morgan fingerprint density at radius 2 is 2.05 bits per heavy atom. The fraction of sp³-hybridized carbons (Fsp3) is 0.471. The molecular formula is C17H24ClN3. The summed E-state index contributed by atoms with van der Waals surface area (Å²) in [6.07, 6.45) is 1.86. The lowest BCUT2D eigenvalue weighted by atomic mass is 10.0. The molecule has 0 bridgehead atoms. The molecule has 1 unspecified atom stereocenters. The molecule has 114 valence electrons. The van der Waals surface area contributed by atoms with Gasteiger partial charge in [0.1, 0.15) is 0 Å². The maximum atomic E-state index is 6.41. The number of aromatic nitrogens is 2. The Labute approximate surface area is 132 Å². The highest BCUT2D eigenvalue weighted by molar-refractivity contribution is 6.31.